The minimum Gasteiger partial charge on any atom is -0.462 e. The Bertz CT molecular complexity index is 1550. The first-order valence-corrected chi connectivity index (χ1v) is 11.8. The summed E-state index contributed by atoms with van der Waals surface area (Å²) in [5.41, 5.74) is 3.77. The number of nitrogens with zero attached hydrogens (tertiary/aromatic N) is 2. The van der Waals surface area contributed by atoms with Crippen LogP contribution in [0.1, 0.15) is 39.0 Å². The first kappa shape index (κ1) is 22.5. The molecule has 0 saturated carbocycles. The van der Waals surface area contributed by atoms with Gasteiger partial charge in [0.15, 0.2) is 16.5 Å². The minimum absolute atomic E-state index is 0.244. The van der Waals surface area contributed by atoms with Crippen molar-refractivity contribution >= 4 is 39.3 Å². The number of fused-ring (bicyclic) bond motifs is 1. The van der Waals surface area contributed by atoms with Crippen LogP contribution >= 0.6 is 11.3 Å². The van der Waals surface area contributed by atoms with Gasteiger partial charge in [-0.3, -0.25) is 10.1 Å². The maximum absolute atomic E-state index is 12.8. The van der Waals surface area contributed by atoms with Crippen molar-refractivity contribution in [3.05, 3.63) is 77.0 Å². The van der Waals surface area contributed by atoms with E-state index >= 15 is 0 Å². The lowest BCUT2D eigenvalue weighted by Crippen LogP contribution is -2.11. The van der Waals surface area contributed by atoms with E-state index in [0.29, 0.717) is 39.4 Å². The number of esters is 1. The fourth-order valence-electron chi connectivity index (χ4n) is 3.67. The Kier molecular flexibility index (Phi) is 5.92. The molecule has 1 amide bonds. The summed E-state index contributed by atoms with van der Waals surface area (Å²) in [5.74, 6) is 0.623. The molecular formula is C26H21N3O5S. The molecule has 0 aliphatic rings. The van der Waals surface area contributed by atoms with E-state index in [9.17, 15) is 9.59 Å². The summed E-state index contributed by atoms with van der Waals surface area (Å²) in [7, 11) is 0. The number of aryl methyl sites for hydroxylation is 2. The number of amides is 1. The molecule has 0 aliphatic heterocycles. The summed E-state index contributed by atoms with van der Waals surface area (Å²) < 4.78 is 16.7. The number of furan rings is 2. The monoisotopic (exact) mass is 487 g/mol. The van der Waals surface area contributed by atoms with Gasteiger partial charge in [-0.15, -0.1) is 10.2 Å². The highest BCUT2D eigenvalue weighted by atomic mass is 32.1. The van der Waals surface area contributed by atoms with Gasteiger partial charge in [-0.2, -0.15) is 0 Å². The quantitative estimate of drug-likeness (QED) is 0.282. The van der Waals surface area contributed by atoms with Crippen LogP contribution in [-0.2, 0) is 4.74 Å². The third kappa shape index (κ3) is 4.45. The van der Waals surface area contributed by atoms with Crippen LogP contribution in [0.15, 0.2) is 63.4 Å². The zero-order valence-electron chi connectivity index (χ0n) is 19.2. The van der Waals surface area contributed by atoms with Crippen LogP contribution in [0.2, 0.25) is 0 Å². The molecule has 0 spiro atoms. The number of ether oxygens (including phenoxy) is 1. The van der Waals surface area contributed by atoms with Crippen molar-refractivity contribution < 1.29 is 23.2 Å². The number of carbonyl (C=O) groups is 2. The Morgan fingerprint density at radius 1 is 0.971 bits per heavy atom. The highest BCUT2D eigenvalue weighted by molar-refractivity contribution is 7.18. The third-order valence-electron chi connectivity index (χ3n) is 5.44. The number of carbonyl (C=O) groups excluding carboxylic acids is 2. The van der Waals surface area contributed by atoms with E-state index in [2.05, 4.69) is 15.5 Å². The van der Waals surface area contributed by atoms with Crippen molar-refractivity contribution in [3.8, 4) is 22.1 Å². The number of benzene rings is 2. The fourth-order valence-corrected chi connectivity index (χ4v) is 4.37. The van der Waals surface area contributed by atoms with Crippen LogP contribution < -0.4 is 5.32 Å². The van der Waals surface area contributed by atoms with E-state index in [0.717, 1.165) is 22.1 Å². The van der Waals surface area contributed by atoms with E-state index in [1.807, 2.05) is 38.1 Å². The van der Waals surface area contributed by atoms with Crippen molar-refractivity contribution in [2.24, 2.45) is 0 Å². The Balaban J connectivity index is 1.31. The summed E-state index contributed by atoms with van der Waals surface area (Å²) in [6.45, 7) is 5.91. The second kappa shape index (κ2) is 9.19. The predicted molar refractivity (Wildman–Crippen MR) is 133 cm³/mol. The van der Waals surface area contributed by atoms with Gasteiger partial charge in [0.05, 0.1) is 12.2 Å². The van der Waals surface area contributed by atoms with Crippen molar-refractivity contribution in [1.82, 2.24) is 10.2 Å². The van der Waals surface area contributed by atoms with Gasteiger partial charge >= 0.3 is 5.97 Å². The fraction of sp³-hybridized carbons (Fsp3) is 0.154. The first-order valence-electron chi connectivity index (χ1n) is 11.0. The molecule has 0 fully saturated rings. The summed E-state index contributed by atoms with van der Waals surface area (Å²) in [6, 6.07) is 16.4. The van der Waals surface area contributed by atoms with Gasteiger partial charge in [0, 0.05) is 16.5 Å². The van der Waals surface area contributed by atoms with E-state index in [1.54, 1.807) is 37.3 Å². The van der Waals surface area contributed by atoms with E-state index in [-0.39, 0.29) is 17.6 Å². The van der Waals surface area contributed by atoms with E-state index < -0.39 is 0 Å². The molecule has 5 aromatic rings. The van der Waals surface area contributed by atoms with Crippen LogP contribution in [0.5, 0.6) is 0 Å². The largest absolute Gasteiger partial charge is 0.462 e. The number of rotatable bonds is 6. The van der Waals surface area contributed by atoms with Gasteiger partial charge in [-0.25, -0.2) is 4.79 Å². The number of hydrogen-bond donors (Lipinski definition) is 1. The van der Waals surface area contributed by atoms with E-state index in [1.165, 1.54) is 11.3 Å². The molecule has 0 aliphatic carbocycles. The number of hydrogen-bond acceptors (Lipinski definition) is 8. The molecule has 3 aromatic heterocycles. The molecule has 0 saturated heterocycles. The van der Waals surface area contributed by atoms with Crippen molar-refractivity contribution in [1.29, 1.82) is 0 Å². The molecule has 176 valence electrons. The van der Waals surface area contributed by atoms with Gasteiger partial charge in [0.25, 0.3) is 5.91 Å². The molecule has 0 bridgehead atoms. The summed E-state index contributed by atoms with van der Waals surface area (Å²) in [6.07, 6.45) is 0. The average molecular weight is 488 g/mol. The Morgan fingerprint density at radius 3 is 2.51 bits per heavy atom. The van der Waals surface area contributed by atoms with Gasteiger partial charge in [-0.05, 0) is 56.7 Å². The van der Waals surface area contributed by atoms with Crippen LogP contribution in [0.4, 0.5) is 5.13 Å². The third-order valence-corrected chi connectivity index (χ3v) is 6.30. The highest BCUT2D eigenvalue weighted by Crippen LogP contribution is 2.33. The molecule has 0 atom stereocenters. The first-order chi connectivity index (χ1) is 16.9. The lowest BCUT2D eigenvalue weighted by molar-refractivity contribution is 0.0526. The smallest absolute Gasteiger partial charge is 0.338 e. The normalized spacial score (nSPS) is 11.1. The average Bonchev–Trinajstić information content (AvgIpc) is 3.58. The second-order valence-electron chi connectivity index (χ2n) is 7.88. The second-order valence-corrected chi connectivity index (χ2v) is 8.86. The molecule has 35 heavy (non-hydrogen) atoms. The van der Waals surface area contributed by atoms with Gasteiger partial charge in [0.2, 0.25) is 5.13 Å². The molecular weight excluding hydrogens is 466 g/mol. The number of anilines is 1. The molecule has 0 radical (unpaired) electrons. The van der Waals surface area contributed by atoms with Crippen LogP contribution in [0.25, 0.3) is 33.1 Å². The van der Waals surface area contributed by atoms with Gasteiger partial charge in [-0.1, -0.05) is 35.6 Å². The summed E-state index contributed by atoms with van der Waals surface area (Å²) in [4.78, 5) is 24.7. The van der Waals surface area contributed by atoms with Crippen LogP contribution in [-0.4, -0.2) is 28.7 Å². The molecule has 3 heterocycles. The van der Waals surface area contributed by atoms with Gasteiger partial charge in [0.1, 0.15) is 11.3 Å². The molecule has 1 N–H and O–H groups in total. The lowest BCUT2D eigenvalue weighted by atomic mass is 10.1. The SMILES string of the molecule is CCOC(=O)c1ccc(-c2ccc(-c3nnc(NC(=O)c4oc5cc(C)ccc5c4C)s3)o2)cc1. The van der Waals surface area contributed by atoms with Crippen molar-refractivity contribution in [2.75, 3.05) is 11.9 Å². The summed E-state index contributed by atoms with van der Waals surface area (Å²) in [5, 5.41) is 12.7. The molecule has 8 nitrogen and oxygen atoms in total. The molecule has 5 rings (SSSR count). The Hall–Kier alpha value is -4.24. The lowest BCUT2D eigenvalue weighted by Gasteiger charge is -2.02. The Labute approximate surface area is 204 Å². The van der Waals surface area contributed by atoms with Crippen LogP contribution in [0.3, 0.4) is 0 Å². The summed E-state index contributed by atoms with van der Waals surface area (Å²) >= 11 is 1.19. The van der Waals surface area contributed by atoms with Crippen molar-refractivity contribution in [2.45, 2.75) is 20.8 Å². The van der Waals surface area contributed by atoms with Crippen LogP contribution in [0, 0.1) is 13.8 Å². The maximum atomic E-state index is 12.8. The van der Waals surface area contributed by atoms with Gasteiger partial charge < -0.3 is 13.6 Å². The predicted octanol–water partition coefficient (Wildman–Crippen LogP) is 6.26. The molecule has 9 heteroatoms. The number of aromatic nitrogens is 2. The van der Waals surface area contributed by atoms with E-state index in [4.69, 9.17) is 13.6 Å². The van der Waals surface area contributed by atoms with Crippen molar-refractivity contribution in [3.63, 3.8) is 0 Å². The zero-order chi connectivity index (χ0) is 24.5. The molecule has 0 unspecified atom stereocenters. The topological polar surface area (TPSA) is 107 Å². The number of nitrogens with one attached hydrogen (secondary N) is 1. The standard InChI is InChI=1S/C26H21N3O5S/c1-4-32-25(31)17-8-6-16(7-9-17)19-11-12-20(33-19)24-28-29-26(35-24)27-23(30)22-15(3)18-10-5-14(2)13-21(18)34-22/h5-13H,4H2,1-3H3,(H,27,29,30). The molecule has 2 aromatic carbocycles. The zero-order valence-corrected chi connectivity index (χ0v) is 20.1. The highest BCUT2D eigenvalue weighted by Gasteiger charge is 2.20. The maximum Gasteiger partial charge on any atom is 0.338 e. The minimum atomic E-state index is -0.388. The Morgan fingerprint density at radius 2 is 1.74 bits per heavy atom.